The van der Waals surface area contributed by atoms with E-state index in [-0.39, 0.29) is 41.4 Å². The van der Waals surface area contributed by atoms with Gasteiger partial charge in [0.1, 0.15) is 4.90 Å². The number of nitrogens with zero attached hydrogens (tertiary/aromatic N) is 1. The minimum atomic E-state index is -3.73. The molecule has 2 rings (SSSR count). The van der Waals surface area contributed by atoms with E-state index < -0.39 is 10.0 Å². The van der Waals surface area contributed by atoms with Gasteiger partial charge in [0.25, 0.3) is 0 Å². The second-order valence-corrected chi connectivity index (χ2v) is 7.93. The summed E-state index contributed by atoms with van der Waals surface area (Å²) in [6, 6.07) is 4.33. The summed E-state index contributed by atoms with van der Waals surface area (Å²) in [7, 11) is -3.73. The summed E-state index contributed by atoms with van der Waals surface area (Å²) in [4.78, 5) is 11.9. The van der Waals surface area contributed by atoms with Gasteiger partial charge in [-0.3, -0.25) is 4.79 Å². The third-order valence-corrected chi connectivity index (χ3v) is 6.32. The lowest BCUT2D eigenvalue weighted by atomic mass is 9.97. The highest BCUT2D eigenvalue weighted by atomic mass is 35.5. The van der Waals surface area contributed by atoms with E-state index in [1.165, 1.54) is 22.5 Å². The number of nitrogens with one attached hydrogen (secondary N) is 1. The molecule has 1 N–H and O–H groups in total. The molecule has 5 nitrogen and oxygen atoms in total. The zero-order valence-corrected chi connectivity index (χ0v) is 14.6. The first kappa shape index (κ1) is 18.1. The number of hydrogen-bond donors (Lipinski definition) is 1. The lowest BCUT2D eigenvalue weighted by molar-refractivity contribution is -0.125. The van der Waals surface area contributed by atoms with Crippen LogP contribution in [-0.2, 0) is 14.8 Å². The summed E-state index contributed by atoms with van der Waals surface area (Å²) >= 11 is 11.9. The highest BCUT2D eigenvalue weighted by Gasteiger charge is 2.33. The van der Waals surface area contributed by atoms with E-state index in [1.54, 1.807) is 0 Å². The van der Waals surface area contributed by atoms with Gasteiger partial charge in [0.15, 0.2) is 0 Å². The van der Waals surface area contributed by atoms with Gasteiger partial charge in [0.2, 0.25) is 15.9 Å². The maximum Gasteiger partial charge on any atom is 0.244 e. The lowest BCUT2D eigenvalue weighted by Gasteiger charge is -2.30. The van der Waals surface area contributed by atoms with E-state index in [9.17, 15) is 13.2 Å². The van der Waals surface area contributed by atoms with E-state index in [0.29, 0.717) is 17.9 Å². The monoisotopic (exact) mass is 374 g/mol. The maximum absolute atomic E-state index is 12.7. The Labute approximate surface area is 146 Å². The largest absolute Gasteiger partial charge is 0.345 e. The van der Waals surface area contributed by atoms with Crippen LogP contribution in [0.3, 0.4) is 0 Å². The summed E-state index contributed by atoms with van der Waals surface area (Å²) in [5.74, 6) is 1.97. The number of hydrogen-bond acceptors (Lipinski definition) is 3. The van der Waals surface area contributed by atoms with Crippen molar-refractivity contribution in [1.29, 1.82) is 0 Å². The summed E-state index contributed by atoms with van der Waals surface area (Å²) < 4.78 is 26.7. The fraction of sp³-hybridized carbons (Fsp3) is 0.400. The predicted molar refractivity (Wildman–Crippen MR) is 89.8 cm³/mol. The average molecular weight is 375 g/mol. The van der Waals surface area contributed by atoms with Crippen molar-refractivity contribution in [3.05, 3.63) is 28.2 Å². The molecule has 1 aliphatic heterocycles. The van der Waals surface area contributed by atoms with Crippen molar-refractivity contribution in [3.8, 4) is 12.3 Å². The highest BCUT2D eigenvalue weighted by Crippen LogP contribution is 2.30. The van der Waals surface area contributed by atoms with Crippen LogP contribution in [0.2, 0.25) is 10.0 Å². The molecule has 1 saturated heterocycles. The summed E-state index contributed by atoms with van der Waals surface area (Å²) in [5, 5.41) is 3.05. The molecule has 0 atom stereocenters. The van der Waals surface area contributed by atoms with E-state index in [2.05, 4.69) is 11.2 Å². The predicted octanol–water partition coefficient (Wildman–Crippen LogP) is 2.14. The summed E-state index contributed by atoms with van der Waals surface area (Å²) in [5.41, 5.74) is 0. The molecule has 0 bridgehead atoms. The molecule has 1 aliphatic rings. The molecule has 1 fully saturated rings. The number of piperidine rings is 1. The van der Waals surface area contributed by atoms with Gasteiger partial charge in [-0.1, -0.05) is 29.1 Å². The Bertz CT molecular complexity index is 736. The second kappa shape index (κ2) is 7.54. The van der Waals surface area contributed by atoms with Crippen LogP contribution in [0.15, 0.2) is 23.1 Å². The smallest absolute Gasteiger partial charge is 0.244 e. The van der Waals surface area contributed by atoms with Gasteiger partial charge in [0.05, 0.1) is 11.6 Å². The van der Waals surface area contributed by atoms with Crippen LogP contribution in [-0.4, -0.2) is 38.3 Å². The summed E-state index contributed by atoms with van der Waals surface area (Å²) in [6.07, 6.45) is 5.98. The molecule has 23 heavy (non-hydrogen) atoms. The Morgan fingerprint density at radius 1 is 1.35 bits per heavy atom. The first-order valence-corrected chi connectivity index (χ1v) is 9.22. The molecule has 0 aromatic heterocycles. The number of terminal acetylenes is 1. The molecule has 1 heterocycles. The quantitative estimate of drug-likeness (QED) is 0.821. The number of rotatable bonds is 4. The number of benzene rings is 1. The molecule has 0 spiro atoms. The van der Waals surface area contributed by atoms with E-state index >= 15 is 0 Å². The number of sulfonamides is 1. The number of carbonyl (C=O) groups excluding carboxylic acids is 1. The van der Waals surface area contributed by atoms with Crippen molar-refractivity contribution >= 4 is 39.1 Å². The Kier molecular flexibility index (Phi) is 5.93. The standard InChI is InChI=1S/C15H16Cl2N2O3S/c1-2-7-18-15(20)11-5-8-19(9-6-11)23(21,22)14-10-12(16)3-4-13(14)17/h1,3-4,10-11H,5-9H2,(H,18,20). The fourth-order valence-corrected chi connectivity index (χ4v) is 4.66. The van der Waals surface area contributed by atoms with E-state index in [1.807, 2.05) is 0 Å². The van der Waals surface area contributed by atoms with Crippen LogP contribution >= 0.6 is 23.2 Å². The van der Waals surface area contributed by atoms with Gasteiger partial charge in [-0.05, 0) is 31.0 Å². The van der Waals surface area contributed by atoms with Crippen molar-refractivity contribution in [2.24, 2.45) is 5.92 Å². The van der Waals surface area contributed by atoms with Crippen molar-refractivity contribution in [2.45, 2.75) is 17.7 Å². The SMILES string of the molecule is C#CCNC(=O)C1CCN(S(=O)(=O)c2cc(Cl)ccc2Cl)CC1. The Morgan fingerprint density at radius 2 is 2.00 bits per heavy atom. The van der Waals surface area contributed by atoms with Gasteiger partial charge in [0, 0.05) is 24.0 Å². The molecule has 1 aromatic carbocycles. The molecule has 1 amide bonds. The summed E-state index contributed by atoms with van der Waals surface area (Å²) in [6.45, 7) is 0.675. The number of amides is 1. The molecule has 1 aromatic rings. The maximum atomic E-state index is 12.7. The number of halogens is 2. The topological polar surface area (TPSA) is 66.5 Å². The van der Waals surface area contributed by atoms with Crippen LogP contribution in [0.25, 0.3) is 0 Å². The van der Waals surface area contributed by atoms with Crippen molar-refractivity contribution < 1.29 is 13.2 Å². The van der Waals surface area contributed by atoms with Gasteiger partial charge in [-0.25, -0.2) is 8.42 Å². The first-order valence-electron chi connectivity index (χ1n) is 7.02. The minimum Gasteiger partial charge on any atom is -0.345 e. The molecule has 124 valence electrons. The van der Waals surface area contributed by atoms with Gasteiger partial charge < -0.3 is 5.32 Å². The van der Waals surface area contributed by atoms with Crippen molar-refractivity contribution in [1.82, 2.24) is 9.62 Å². The average Bonchev–Trinajstić information content (AvgIpc) is 2.54. The van der Waals surface area contributed by atoms with Gasteiger partial charge in [-0.15, -0.1) is 6.42 Å². The Hall–Kier alpha value is -1.26. The third kappa shape index (κ3) is 4.18. The van der Waals surface area contributed by atoms with Crippen LogP contribution in [0.1, 0.15) is 12.8 Å². The second-order valence-electron chi connectivity index (χ2n) is 5.18. The van der Waals surface area contributed by atoms with Gasteiger partial charge >= 0.3 is 0 Å². The molecular weight excluding hydrogens is 359 g/mol. The van der Waals surface area contributed by atoms with Crippen molar-refractivity contribution in [2.75, 3.05) is 19.6 Å². The number of carbonyl (C=O) groups is 1. The highest BCUT2D eigenvalue weighted by molar-refractivity contribution is 7.89. The van der Waals surface area contributed by atoms with Crippen LogP contribution in [0, 0.1) is 18.3 Å². The van der Waals surface area contributed by atoms with E-state index in [0.717, 1.165) is 0 Å². The Balaban J connectivity index is 2.08. The van der Waals surface area contributed by atoms with Crippen LogP contribution < -0.4 is 5.32 Å². The molecular formula is C15H16Cl2N2O3S. The molecule has 0 unspecified atom stereocenters. The third-order valence-electron chi connectivity index (χ3n) is 3.70. The van der Waals surface area contributed by atoms with Crippen LogP contribution in [0.4, 0.5) is 0 Å². The van der Waals surface area contributed by atoms with E-state index in [4.69, 9.17) is 29.6 Å². The zero-order valence-electron chi connectivity index (χ0n) is 12.3. The van der Waals surface area contributed by atoms with Crippen LogP contribution in [0.5, 0.6) is 0 Å². The minimum absolute atomic E-state index is 0.0121. The lowest BCUT2D eigenvalue weighted by Crippen LogP contribution is -2.43. The first-order chi connectivity index (χ1) is 10.9. The zero-order chi connectivity index (χ0) is 17.0. The normalized spacial score (nSPS) is 16.7. The van der Waals surface area contributed by atoms with Gasteiger partial charge in [-0.2, -0.15) is 4.31 Å². The molecule has 0 aliphatic carbocycles. The molecule has 0 radical (unpaired) electrons. The molecule has 0 saturated carbocycles. The fourth-order valence-electron chi connectivity index (χ4n) is 2.45. The molecule has 8 heteroatoms. The Morgan fingerprint density at radius 3 is 2.61 bits per heavy atom. The van der Waals surface area contributed by atoms with Crippen molar-refractivity contribution in [3.63, 3.8) is 0 Å².